The summed E-state index contributed by atoms with van der Waals surface area (Å²) in [6.45, 7) is 4.07. The summed E-state index contributed by atoms with van der Waals surface area (Å²) >= 11 is 1.62. The van der Waals surface area contributed by atoms with Crippen LogP contribution in [0.1, 0.15) is 17.4 Å². The molecular formula is C18H17N3S. The van der Waals surface area contributed by atoms with E-state index in [0.717, 1.165) is 27.7 Å². The summed E-state index contributed by atoms with van der Waals surface area (Å²) in [6.07, 6.45) is 0. The first kappa shape index (κ1) is 14.5. The number of hydrazone groups is 1. The van der Waals surface area contributed by atoms with Crippen LogP contribution in [-0.2, 0) is 0 Å². The van der Waals surface area contributed by atoms with Crippen molar-refractivity contribution in [1.29, 1.82) is 0 Å². The average Bonchev–Trinajstić information content (AvgIpc) is 2.95. The summed E-state index contributed by atoms with van der Waals surface area (Å²) in [5, 5.41) is 5.24. The van der Waals surface area contributed by atoms with Crippen LogP contribution in [0.25, 0.3) is 11.3 Å². The van der Waals surface area contributed by atoms with Gasteiger partial charge in [-0.3, -0.25) is 5.43 Å². The lowest BCUT2D eigenvalue weighted by molar-refractivity contribution is 1.27. The molecule has 0 radical (unpaired) electrons. The number of anilines is 1. The maximum atomic E-state index is 4.65. The van der Waals surface area contributed by atoms with Crippen LogP contribution in [0.4, 0.5) is 5.13 Å². The van der Waals surface area contributed by atoms with Gasteiger partial charge in [-0.15, -0.1) is 11.3 Å². The Kier molecular flexibility index (Phi) is 4.30. The molecule has 1 aromatic heterocycles. The molecule has 0 spiro atoms. The van der Waals surface area contributed by atoms with Crippen LogP contribution in [0, 0.1) is 6.92 Å². The topological polar surface area (TPSA) is 37.3 Å². The second-order valence-corrected chi connectivity index (χ2v) is 6.17. The van der Waals surface area contributed by atoms with Gasteiger partial charge in [-0.1, -0.05) is 60.7 Å². The molecule has 1 heterocycles. The van der Waals surface area contributed by atoms with Crippen molar-refractivity contribution in [2.75, 3.05) is 5.43 Å². The number of thiazole rings is 1. The highest BCUT2D eigenvalue weighted by Gasteiger charge is 2.09. The number of nitrogens with zero attached hydrogens (tertiary/aromatic N) is 2. The molecule has 0 saturated heterocycles. The molecule has 0 atom stereocenters. The molecule has 0 unspecified atom stereocenters. The van der Waals surface area contributed by atoms with Gasteiger partial charge in [0.15, 0.2) is 0 Å². The van der Waals surface area contributed by atoms with Crippen molar-refractivity contribution in [2.45, 2.75) is 13.8 Å². The highest BCUT2D eigenvalue weighted by atomic mass is 32.1. The van der Waals surface area contributed by atoms with E-state index < -0.39 is 0 Å². The summed E-state index contributed by atoms with van der Waals surface area (Å²) in [6, 6.07) is 20.3. The van der Waals surface area contributed by atoms with Gasteiger partial charge in [0.1, 0.15) is 0 Å². The highest BCUT2D eigenvalue weighted by molar-refractivity contribution is 7.15. The molecule has 0 aliphatic carbocycles. The molecule has 22 heavy (non-hydrogen) atoms. The van der Waals surface area contributed by atoms with Crippen molar-refractivity contribution in [3.05, 3.63) is 71.1 Å². The minimum absolute atomic E-state index is 0.812. The minimum atomic E-state index is 0.812. The van der Waals surface area contributed by atoms with Crippen LogP contribution >= 0.6 is 11.3 Å². The second kappa shape index (κ2) is 6.54. The maximum absolute atomic E-state index is 4.65. The number of rotatable bonds is 4. The number of nitrogens with one attached hydrogen (secondary N) is 1. The monoisotopic (exact) mass is 307 g/mol. The summed E-state index contributed by atoms with van der Waals surface area (Å²) in [5.74, 6) is 0. The molecule has 0 aliphatic heterocycles. The molecule has 1 N–H and O–H groups in total. The summed E-state index contributed by atoms with van der Waals surface area (Å²) in [7, 11) is 0. The van der Waals surface area contributed by atoms with Crippen LogP contribution < -0.4 is 5.43 Å². The number of benzene rings is 2. The van der Waals surface area contributed by atoms with Crippen LogP contribution in [-0.4, -0.2) is 10.7 Å². The van der Waals surface area contributed by atoms with Crippen LogP contribution in [0.15, 0.2) is 65.8 Å². The number of aryl methyl sites for hydroxylation is 1. The molecule has 3 nitrogen and oxygen atoms in total. The van der Waals surface area contributed by atoms with E-state index in [4.69, 9.17) is 0 Å². The minimum Gasteiger partial charge on any atom is -0.252 e. The zero-order valence-corrected chi connectivity index (χ0v) is 13.4. The first-order valence-electron chi connectivity index (χ1n) is 7.12. The van der Waals surface area contributed by atoms with Gasteiger partial charge >= 0.3 is 0 Å². The Morgan fingerprint density at radius 1 is 1.00 bits per heavy atom. The summed E-state index contributed by atoms with van der Waals surface area (Å²) in [5.41, 5.74) is 7.26. The van der Waals surface area contributed by atoms with Gasteiger partial charge in [0.05, 0.1) is 11.4 Å². The van der Waals surface area contributed by atoms with Gasteiger partial charge < -0.3 is 0 Å². The molecule has 2 aromatic carbocycles. The first-order chi connectivity index (χ1) is 10.7. The fourth-order valence-corrected chi connectivity index (χ4v) is 2.96. The normalized spacial score (nSPS) is 11.5. The van der Waals surface area contributed by atoms with Crippen molar-refractivity contribution in [3.63, 3.8) is 0 Å². The van der Waals surface area contributed by atoms with E-state index in [2.05, 4.69) is 34.6 Å². The number of aromatic nitrogens is 1. The third-order valence-electron chi connectivity index (χ3n) is 3.35. The van der Waals surface area contributed by atoms with Gasteiger partial charge in [-0.05, 0) is 19.4 Å². The predicted molar refractivity (Wildman–Crippen MR) is 94.6 cm³/mol. The molecule has 3 aromatic rings. The van der Waals surface area contributed by atoms with Crippen molar-refractivity contribution in [1.82, 2.24) is 4.98 Å². The highest BCUT2D eigenvalue weighted by Crippen LogP contribution is 2.30. The molecular weight excluding hydrogens is 290 g/mol. The molecule has 4 heteroatoms. The summed E-state index contributed by atoms with van der Waals surface area (Å²) < 4.78 is 0. The lowest BCUT2D eigenvalue weighted by atomic mass is 10.1. The van der Waals surface area contributed by atoms with Gasteiger partial charge in [0.2, 0.25) is 5.13 Å². The quantitative estimate of drug-likeness (QED) is 0.546. The Labute approximate surface area is 134 Å². The van der Waals surface area contributed by atoms with Gasteiger partial charge in [-0.25, -0.2) is 4.98 Å². The lowest BCUT2D eigenvalue weighted by Crippen LogP contribution is -1.99. The van der Waals surface area contributed by atoms with Gasteiger partial charge in [-0.2, -0.15) is 5.10 Å². The lowest BCUT2D eigenvalue weighted by Gasteiger charge is -2.00. The number of hydrogen-bond acceptors (Lipinski definition) is 4. The Hall–Kier alpha value is -2.46. The van der Waals surface area contributed by atoms with E-state index in [0.29, 0.717) is 0 Å². The van der Waals surface area contributed by atoms with E-state index in [-0.39, 0.29) is 0 Å². The van der Waals surface area contributed by atoms with E-state index in [1.165, 1.54) is 4.88 Å². The van der Waals surface area contributed by atoms with E-state index in [1.807, 2.05) is 55.5 Å². The molecule has 0 amide bonds. The van der Waals surface area contributed by atoms with E-state index in [9.17, 15) is 0 Å². The van der Waals surface area contributed by atoms with Gasteiger partial charge in [0.25, 0.3) is 0 Å². The zero-order valence-electron chi connectivity index (χ0n) is 12.6. The van der Waals surface area contributed by atoms with Crippen molar-refractivity contribution in [2.24, 2.45) is 5.10 Å². The fraction of sp³-hybridized carbons (Fsp3) is 0.111. The number of hydrogen-bond donors (Lipinski definition) is 1. The smallest absolute Gasteiger partial charge is 0.204 e. The maximum Gasteiger partial charge on any atom is 0.204 e. The zero-order chi connectivity index (χ0) is 15.4. The Morgan fingerprint density at radius 3 is 2.32 bits per heavy atom. The van der Waals surface area contributed by atoms with Crippen molar-refractivity contribution in [3.8, 4) is 11.3 Å². The van der Waals surface area contributed by atoms with Crippen molar-refractivity contribution < 1.29 is 0 Å². The molecule has 0 saturated carbocycles. The third-order valence-corrected chi connectivity index (χ3v) is 4.23. The Bertz CT molecular complexity index is 777. The Balaban J connectivity index is 1.80. The van der Waals surface area contributed by atoms with E-state index >= 15 is 0 Å². The first-order valence-corrected chi connectivity index (χ1v) is 7.94. The van der Waals surface area contributed by atoms with Crippen LogP contribution in [0.3, 0.4) is 0 Å². The predicted octanol–water partition coefficient (Wildman–Crippen LogP) is 4.95. The molecule has 0 bridgehead atoms. The molecule has 0 fully saturated rings. The van der Waals surface area contributed by atoms with Crippen LogP contribution in [0.2, 0.25) is 0 Å². The SMILES string of the molecule is C/C(=N\Nc1nc(-c2ccccc2)c(C)s1)c1ccccc1. The fourth-order valence-electron chi connectivity index (χ4n) is 2.18. The molecule has 110 valence electrons. The summed E-state index contributed by atoms with van der Waals surface area (Å²) in [4.78, 5) is 5.83. The molecule has 0 aliphatic rings. The average molecular weight is 307 g/mol. The van der Waals surface area contributed by atoms with Gasteiger partial charge in [0, 0.05) is 10.4 Å². The Morgan fingerprint density at radius 2 is 1.64 bits per heavy atom. The second-order valence-electron chi connectivity index (χ2n) is 4.96. The van der Waals surface area contributed by atoms with E-state index in [1.54, 1.807) is 11.3 Å². The molecule has 3 rings (SSSR count). The third kappa shape index (κ3) is 3.23. The van der Waals surface area contributed by atoms with Crippen LogP contribution in [0.5, 0.6) is 0 Å². The largest absolute Gasteiger partial charge is 0.252 e. The van der Waals surface area contributed by atoms with Crippen molar-refractivity contribution >= 4 is 22.2 Å². The standard InChI is InChI=1S/C18H17N3S/c1-13(15-9-5-3-6-10-15)20-21-18-19-17(14(2)22-18)16-11-7-4-8-12-16/h3-12H,1-2H3,(H,19,21)/b20-13+.